The number of nitrogens with two attached hydrogens (primary N) is 2. The van der Waals surface area contributed by atoms with Crippen molar-refractivity contribution in [2.24, 2.45) is 23.5 Å². The lowest BCUT2D eigenvalue weighted by Crippen LogP contribution is -2.59. The van der Waals surface area contributed by atoms with Crippen LogP contribution in [0.2, 0.25) is 0 Å². The number of H-pyrrole nitrogens is 1. The molecule has 1 saturated heterocycles. The van der Waals surface area contributed by atoms with Gasteiger partial charge < -0.3 is 105 Å². The van der Waals surface area contributed by atoms with Gasteiger partial charge in [-0.05, 0) is 143 Å². The molecule has 0 radical (unpaired) electrons. The van der Waals surface area contributed by atoms with Gasteiger partial charge in [-0.1, -0.05) is 106 Å². The maximum absolute atomic E-state index is 15.6. The van der Waals surface area contributed by atoms with Crippen LogP contribution in [-0.2, 0) is 81.4 Å². The fraction of sp³-hybridized carbons (Fsp3) is 0.506. The number of nitrogens with one attached hydrogen (secondary N) is 12. The van der Waals surface area contributed by atoms with Crippen LogP contribution in [0.25, 0.3) is 11.2 Å². The highest BCUT2D eigenvalue weighted by Gasteiger charge is 2.49. The van der Waals surface area contributed by atoms with Crippen molar-refractivity contribution in [3.05, 3.63) is 140 Å². The van der Waals surface area contributed by atoms with Crippen LogP contribution >= 0.6 is 40.2 Å². The lowest BCUT2D eigenvalue weighted by atomic mass is 9.92. The molecular formula is C89H123N19O22PS3+. The number of anilines is 2. The Labute approximate surface area is 787 Å². The number of carboxylic acids is 5. The Morgan fingerprint density at radius 1 is 0.701 bits per heavy atom. The lowest BCUT2D eigenvalue weighted by molar-refractivity contribution is -0.144. The number of hydrogen-bond donors (Lipinski definition) is 20. The number of amides is 9. The molecule has 7 rings (SSSR count). The lowest BCUT2D eigenvalue weighted by Gasteiger charge is -2.40. The molecule has 2 unspecified atom stereocenters. The summed E-state index contributed by atoms with van der Waals surface area (Å²) in [5, 5.41) is 95.2. The first-order valence-corrected chi connectivity index (χ1v) is 50.0. The van der Waals surface area contributed by atoms with Crippen molar-refractivity contribution >= 4 is 152 Å². The summed E-state index contributed by atoms with van der Waals surface area (Å²) in [6.07, 6.45) is 6.02. The van der Waals surface area contributed by atoms with Gasteiger partial charge in [0.1, 0.15) is 64.5 Å². The first-order valence-electron chi connectivity index (χ1n) is 44.1. The average molecular weight is 1940 g/mol. The van der Waals surface area contributed by atoms with E-state index in [9.17, 15) is 93.0 Å². The number of benzene rings is 3. The van der Waals surface area contributed by atoms with Crippen LogP contribution in [-0.4, -0.2) is 248 Å². The summed E-state index contributed by atoms with van der Waals surface area (Å²) in [5.74, 6) is -17.3. The number of carbonyl (C=O) groups is 14. The topological polar surface area (TPSA) is 653 Å². The van der Waals surface area contributed by atoms with Crippen molar-refractivity contribution in [1.82, 2.24) is 77.7 Å². The molecule has 1 fully saturated rings. The van der Waals surface area contributed by atoms with Gasteiger partial charge in [0.15, 0.2) is 17.1 Å². The molecule has 14 atom stereocenters. The van der Waals surface area contributed by atoms with Gasteiger partial charge in [-0.25, -0.2) is 19.7 Å². The second-order valence-electron chi connectivity index (χ2n) is 33.5. The van der Waals surface area contributed by atoms with E-state index in [-0.39, 0.29) is 128 Å². The van der Waals surface area contributed by atoms with Crippen LogP contribution in [0.1, 0.15) is 194 Å². The number of aromatic nitrogens is 5. The minimum atomic E-state index is -2.15. The van der Waals surface area contributed by atoms with Gasteiger partial charge in [0.2, 0.25) is 41.4 Å². The van der Waals surface area contributed by atoms with Crippen molar-refractivity contribution in [1.29, 1.82) is 5.41 Å². The Balaban J connectivity index is 0.948. The van der Waals surface area contributed by atoms with Crippen molar-refractivity contribution in [3.63, 3.8) is 0 Å². The molecule has 3 aromatic carbocycles. The summed E-state index contributed by atoms with van der Waals surface area (Å²) in [4.78, 5) is 223. The smallest absolute Gasteiger partial charge is 0.327 e. The number of hydrogen-bond acceptors (Lipinski definition) is 27. The minimum absolute atomic E-state index is 0.00891. The predicted molar refractivity (Wildman–Crippen MR) is 506 cm³/mol. The van der Waals surface area contributed by atoms with Crippen molar-refractivity contribution in [2.75, 3.05) is 49.3 Å². The van der Waals surface area contributed by atoms with Gasteiger partial charge in [-0.15, -0.1) is 11.3 Å². The van der Waals surface area contributed by atoms with E-state index < -0.39 is 181 Å². The number of allylic oxidation sites excluding steroid dienone is 1. The second kappa shape index (κ2) is 53.5. The second-order valence-corrected chi connectivity index (χ2v) is 41.2. The van der Waals surface area contributed by atoms with Crippen molar-refractivity contribution in [3.8, 4) is 5.75 Å². The molecule has 728 valence electrons. The van der Waals surface area contributed by atoms with Gasteiger partial charge in [-0.3, -0.25) is 77.5 Å². The van der Waals surface area contributed by atoms with Gasteiger partial charge in [0.25, 0.3) is 23.3 Å². The number of rotatable bonds is 56. The molecule has 4 heterocycles. The summed E-state index contributed by atoms with van der Waals surface area (Å²) in [7, 11) is 0.0102. The standard InChI is InChI=1S/C89H122N19O22PS3/c1-10-13-15-35-108(66(48(4)5)42-67(130-12-3)84-104-64(46-132-84)81(122)98-56(37-50(7)86(126)127)38-52-21-29-58(109)30-22-52)85(125)73(49(6)11-2)105-82(123)68-19-14-16-36-131(68,9)45-53-23-31-59(32-24-53)134-133-47-65(87(128)129)103-80(121)63(41-72(115)116)102-79(120)62(40-71(113)114)101-77(118)60(18-17-34-93-88(90)91)100-78(119)61(39-70(111)112)99-69(110)33-20-51(8)96-76(117)54-25-27-55(28-26-54)94-43-57-44-95-75-74(97-57)83(124)107-89(92)106-75/h13,15,21-32,44,46,48-51,56,60-63,65-68,73H,10-12,14,16-20,33-43,45,47H2,1-9H3,(H21-,90,91,92,93,94,95,96,98,99,100,101,102,103,105,106,107,109,110,111,112,113,114,115,116,117,118,119,120,121,122,123,124,126,127,128,129)/p+1/b15-13+/t49?,50-,51+,56+,60-,61-,62-,63-,65-,66+,67+,68+,73-,131?/m0/s1. The van der Waals surface area contributed by atoms with E-state index in [1.54, 1.807) is 43.5 Å². The monoisotopic (exact) mass is 1940 g/mol. The van der Waals surface area contributed by atoms with Crippen molar-refractivity contribution < 1.29 is 102 Å². The highest BCUT2D eigenvalue weighted by atomic mass is 33.1. The van der Waals surface area contributed by atoms with Gasteiger partial charge in [-0.2, -0.15) is 4.98 Å². The van der Waals surface area contributed by atoms with E-state index >= 15 is 9.59 Å². The van der Waals surface area contributed by atoms with Crippen LogP contribution in [0.5, 0.6) is 5.75 Å². The molecule has 45 heteroatoms. The van der Waals surface area contributed by atoms with E-state index in [4.69, 9.17) is 26.6 Å². The highest BCUT2D eigenvalue weighted by molar-refractivity contribution is 8.76. The van der Waals surface area contributed by atoms with Gasteiger partial charge >= 0.3 is 29.8 Å². The molecule has 0 aliphatic carbocycles. The molecule has 22 N–H and O–H groups in total. The Bertz CT molecular complexity index is 5170. The third-order valence-corrected chi connectivity index (χ3v) is 30.2. The van der Waals surface area contributed by atoms with E-state index in [2.05, 4.69) is 79.8 Å². The predicted octanol–water partition coefficient (Wildman–Crippen LogP) is 6.27. The maximum atomic E-state index is 15.6. The molecular weight excluding hydrogens is 1810 g/mol. The minimum Gasteiger partial charge on any atom is -0.508 e. The molecule has 0 spiro atoms. The van der Waals surface area contributed by atoms with Gasteiger partial charge in [0, 0.05) is 91.9 Å². The summed E-state index contributed by atoms with van der Waals surface area (Å²) in [6, 6.07) is 7.95. The first-order chi connectivity index (χ1) is 63.6. The first kappa shape index (κ1) is 109. The number of fused-ring (bicyclic) bond motifs is 1. The quantitative estimate of drug-likeness (QED) is 0.00499. The number of carbonyl (C=O) groups excluding carboxylic acids is 9. The van der Waals surface area contributed by atoms with Crippen LogP contribution < -0.4 is 70.2 Å². The maximum Gasteiger partial charge on any atom is 0.327 e. The summed E-state index contributed by atoms with van der Waals surface area (Å²) in [6.45, 7) is 17.7. The number of nitrogen functional groups attached to an aromatic ring is 1. The fourth-order valence-electron chi connectivity index (χ4n) is 15.0. The molecule has 0 bridgehead atoms. The Morgan fingerprint density at radius 3 is 1.90 bits per heavy atom. The SMILES string of the molecule is CC/C=C/CN(C(=O)[C@@H](NC(=O)[C@H]1CCCC[P+]1(C)Cc1ccc(SSC[C@H](NC(=O)[C@H](CC(=O)O)NC(=O)[C@H](CC(=O)O)NC(=O)[C@H](CCCNC(=N)N)NC(=O)[C@H](CC(=O)O)NC(=O)CC[C@@H](C)NC(=O)c2ccc(NCc3cnc4nc(N)[nH]c(=O)c4n3)cc2)C(=O)O)cc1)C(C)CC)[C@H](C[C@@H](OCC)c1nc(C(=O)N[C@@H](Cc2ccc(O)cc2)C[C@H](C)C(=O)O)cs1)C(C)C. The van der Waals surface area contributed by atoms with Gasteiger partial charge in [0.05, 0.1) is 55.9 Å². The zero-order valence-electron chi connectivity index (χ0n) is 76.2. The van der Waals surface area contributed by atoms with E-state index in [0.717, 1.165) is 51.7 Å². The normalized spacial score (nSPS) is 16.4. The number of guanidine groups is 1. The number of aliphatic carboxylic acids is 5. The number of nitrogens with zero attached hydrogens (tertiary/aromatic N) is 5. The zero-order valence-corrected chi connectivity index (χ0v) is 79.5. The summed E-state index contributed by atoms with van der Waals surface area (Å²) < 4.78 is 6.40. The van der Waals surface area contributed by atoms with Crippen LogP contribution in [0.3, 0.4) is 0 Å². The highest BCUT2D eigenvalue weighted by Crippen LogP contribution is 2.66. The summed E-state index contributed by atoms with van der Waals surface area (Å²) >= 11 is 1.24. The molecule has 1 aliphatic rings. The molecule has 9 amide bonds. The largest absolute Gasteiger partial charge is 0.508 e. The van der Waals surface area contributed by atoms with E-state index in [1.807, 2.05) is 82.9 Å². The number of ether oxygens (including phenoxy) is 1. The van der Waals surface area contributed by atoms with E-state index in [1.165, 1.54) is 41.8 Å². The number of thiazole rings is 1. The number of aromatic amines is 1. The molecule has 41 nitrogen and oxygen atoms in total. The molecule has 0 saturated carbocycles. The Morgan fingerprint density at radius 2 is 1.31 bits per heavy atom. The third-order valence-electron chi connectivity index (χ3n) is 22.5. The van der Waals surface area contributed by atoms with E-state index in [0.29, 0.717) is 53.1 Å². The molecule has 3 aromatic heterocycles. The fourth-order valence-corrected chi connectivity index (χ4v) is 22.2. The number of phenolic OH excluding ortho intramolecular Hbond substituents is 1. The third kappa shape index (κ3) is 34.9. The van der Waals surface area contributed by atoms with Crippen LogP contribution in [0, 0.1) is 23.2 Å². The zero-order chi connectivity index (χ0) is 98.6. The number of aromatic hydroxyl groups is 1. The van der Waals surface area contributed by atoms with Crippen LogP contribution in [0.4, 0.5) is 11.6 Å². The number of carboxylic acid groups (broad SMARTS) is 5. The molecule has 134 heavy (non-hydrogen) atoms. The average Bonchev–Trinajstić information content (AvgIpc) is 0.880. The Kier molecular flexibility index (Phi) is 43.3. The summed E-state index contributed by atoms with van der Waals surface area (Å²) in [5.41, 5.74) is 13.1. The molecule has 6 aromatic rings. The molecule has 1 aliphatic heterocycles. The Hall–Kier alpha value is -12.4. The van der Waals surface area contributed by atoms with Crippen molar-refractivity contribution in [2.45, 2.75) is 235 Å². The van der Waals surface area contributed by atoms with Crippen LogP contribution in [0.15, 0.2) is 106 Å². The number of phenols is 1.